The Kier molecular flexibility index (Phi) is 5.64. The van der Waals surface area contributed by atoms with Crippen molar-refractivity contribution >= 4 is 17.6 Å². The van der Waals surface area contributed by atoms with Crippen LogP contribution in [0, 0.1) is 0 Å². The van der Waals surface area contributed by atoms with E-state index >= 15 is 0 Å². The summed E-state index contributed by atoms with van der Waals surface area (Å²) in [6.45, 7) is 1.81. The normalized spacial score (nSPS) is 12.7. The van der Waals surface area contributed by atoms with Crippen molar-refractivity contribution in [2.45, 2.75) is 19.4 Å². The second-order valence-corrected chi connectivity index (χ2v) is 4.39. The minimum Gasteiger partial charge on any atom is -0.495 e. The number of rotatable bonds is 5. The summed E-state index contributed by atoms with van der Waals surface area (Å²) >= 11 is 0. The van der Waals surface area contributed by atoms with E-state index in [4.69, 9.17) is 15.7 Å². The Bertz CT molecular complexity index is 490. The number of oxime groups is 1. The molecule has 0 bridgehead atoms. The molecule has 7 heteroatoms. The van der Waals surface area contributed by atoms with E-state index in [9.17, 15) is 4.79 Å². The molecule has 1 aromatic rings. The van der Waals surface area contributed by atoms with Crippen LogP contribution in [0.5, 0.6) is 5.75 Å². The quantitative estimate of drug-likeness (QED) is 0.330. The first kappa shape index (κ1) is 15.6. The summed E-state index contributed by atoms with van der Waals surface area (Å²) in [5, 5.41) is 14.2. The molecule has 0 heterocycles. The van der Waals surface area contributed by atoms with Gasteiger partial charge in [0.05, 0.1) is 12.8 Å². The molecule has 0 aliphatic carbocycles. The third-order valence-corrected chi connectivity index (χ3v) is 2.96. The Hall–Kier alpha value is -2.44. The Morgan fingerprint density at radius 1 is 1.55 bits per heavy atom. The van der Waals surface area contributed by atoms with Gasteiger partial charge in [-0.25, -0.2) is 4.79 Å². The lowest BCUT2D eigenvalue weighted by Crippen LogP contribution is -2.40. The first-order valence-electron chi connectivity index (χ1n) is 6.12. The molecule has 1 rings (SSSR count). The fourth-order valence-electron chi connectivity index (χ4n) is 1.63. The van der Waals surface area contributed by atoms with E-state index < -0.39 is 0 Å². The number of benzene rings is 1. The maximum absolute atomic E-state index is 12.1. The second-order valence-electron chi connectivity index (χ2n) is 4.39. The number of nitrogens with zero attached hydrogens (tertiary/aromatic N) is 2. The number of amidine groups is 1. The highest BCUT2D eigenvalue weighted by atomic mass is 16.5. The van der Waals surface area contributed by atoms with Crippen molar-refractivity contribution in [1.29, 1.82) is 0 Å². The monoisotopic (exact) mass is 280 g/mol. The molecule has 0 saturated heterocycles. The highest BCUT2D eigenvalue weighted by Crippen LogP contribution is 2.23. The molecule has 0 fully saturated rings. The van der Waals surface area contributed by atoms with Crippen LogP contribution in [0.4, 0.5) is 10.5 Å². The van der Waals surface area contributed by atoms with Crippen molar-refractivity contribution < 1.29 is 14.7 Å². The van der Waals surface area contributed by atoms with Gasteiger partial charge in [0, 0.05) is 19.5 Å². The van der Waals surface area contributed by atoms with Gasteiger partial charge in [-0.1, -0.05) is 17.3 Å². The highest BCUT2D eigenvalue weighted by molar-refractivity contribution is 5.91. The lowest BCUT2D eigenvalue weighted by atomic mass is 10.2. The van der Waals surface area contributed by atoms with Crippen molar-refractivity contribution in [1.82, 2.24) is 4.90 Å². The topological polar surface area (TPSA) is 100 Å². The molecule has 1 unspecified atom stereocenters. The van der Waals surface area contributed by atoms with Crippen molar-refractivity contribution in [2.75, 3.05) is 19.5 Å². The van der Waals surface area contributed by atoms with Gasteiger partial charge in [0.25, 0.3) is 0 Å². The molecule has 0 spiro atoms. The number of anilines is 1. The van der Waals surface area contributed by atoms with Gasteiger partial charge in [-0.2, -0.15) is 0 Å². The summed E-state index contributed by atoms with van der Waals surface area (Å²) in [5.74, 6) is 0.660. The van der Waals surface area contributed by atoms with Gasteiger partial charge in [0.15, 0.2) is 0 Å². The van der Waals surface area contributed by atoms with Gasteiger partial charge in [0.1, 0.15) is 11.6 Å². The molecule has 4 N–H and O–H groups in total. The number of nitrogens with one attached hydrogen (secondary N) is 1. The first-order chi connectivity index (χ1) is 9.49. The van der Waals surface area contributed by atoms with Crippen LogP contribution in [0.3, 0.4) is 0 Å². The van der Waals surface area contributed by atoms with E-state index in [2.05, 4.69) is 10.5 Å². The highest BCUT2D eigenvalue weighted by Gasteiger charge is 2.18. The SMILES string of the molecule is COc1ccccc1NC(=O)N(C)C(C)CC(N)=NO. The van der Waals surface area contributed by atoms with Crippen molar-refractivity contribution in [2.24, 2.45) is 10.9 Å². The average Bonchev–Trinajstić information content (AvgIpc) is 2.46. The summed E-state index contributed by atoms with van der Waals surface area (Å²) in [7, 11) is 3.18. The van der Waals surface area contributed by atoms with Gasteiger partial charge in [-0.3, -0.25) is 0 Å². The van der Waals surface area contributed by atoms with Crippen molar-refractivity contribution in [3.05, 3.63) is 24.3 Å². The minimum atomic E-state index is -0.298. The second kappa shape index (κ2) is 7.22. The number of nitrogens with two attached hydrogens (primary N) is 1. The molecule has 1 aromatic carbocycles. The molecule has 0 aliphatic rings. The molecule has 0 aromatic heterocycles. The summed E-state index contributed by atoms with van der Waals surface area (Å²) in [5.41, 5.74) is 6.02. The third-order valence-electron chi connectivity index (χ3n) is 2.96. The van der Waals surface area contributed by atoms with Crippen LogP contribution >= 0.6 is 0 Å². The zero-order valence-corrected chi connectivity index (χ0v) is 11.8. The number of methoxy groups -OCH3 is 1. The lowest BCUT2D eigenvalue weighted by Gasteiger charge is -2.25. The molecular weight excluding hydrogens is 260 g/mol. The maximum atomic E-state index is 12.1. The number of amides is 2. The van der Waals surface area contributed by atoms with Gasteiger partial charge >= 0.3 is 6.03 Å². The predicted molar refractivity (Wildman–Crippen MR) is 77.3 cm³/mol. The Balaban J connectivity index is 2.70. The van der Waals surface area contributed by atoms with E-state index in [1.807, 2.05) is 6.07 Å². The van der Waals surface area contributed by atoms with E-state index in [-0.39, 0.29) is 24.3 Å². The van der Waals surface area contributed by atoms with Crippen LogP contribution < -0.4 is 15.8 Å². The number of carbonyl (C=O) groups is 1. The molecule has 0 saturated carbocycles. The van der Waals surface area contributed by atoms with Crippen molar-refractivity contribution in [3.8, 4) is 5.75 Å². The minimum absolute atomic E-state index is 0.0782. The Labute approximate surface area is 118 Å². The standard InChI is InChI=1S/C13H20N4O3/c1-9(8-12(14)16-19)17(2)13(18)15-10-6-4-5-7-11(10)20-3/h4-7,9,19H,8H2,1-3H3,(H2,14,16)(H,15,18). The van der Waals surface area contributed by atoms with Crippen molar-refractivity contribution in [3.63, 3.8) is 0 Å². The Morgan fingerprint density at radius 2 is 2.20 bits per heavy atom. The molecule has 7 nitrogen and oxygen atoms in total. The predicted octanol–water partition coefficient (Wildman–Crippen LogP) is 1.68. The van der Waals surface area contributed by atoms with Gasteiger partial charge in [-0.15, -0.1) is 0 Å². The molecule has 110 valence electrons. The lowest BCUT2D eigenvalue weighted by molar-refractivity contribution is 0.208. The van der Waals surface area contributed by atoms with Crippen LogP contribution in [0.2, 0.25) is 0 Å². The van der Waals surface area contributed by atoms with E-state index in [0.29, 0.717) is 11.4 Å². The zero-order valence-electron chi connectivity index (χ0n) is 11.8. The van der Waals surface area contributed by atoms with Crippen LogP contribution in [0.1, 0.15) is 13.3 Å². The Morgan fingerprint density at radius 3 is 2.80 bits per heavy atom. The number of para-hydroxylation sites is 2. The number of hydrogen-bond acceptors (Lipinski definition) is 4. The van der Waals surface area contributed by atoms with Crippen LogP contribution in [-0.2, 0) is 0 Å². The molecule has 20 heavy (non-hydrogen) atoms. The van der Waals surface area contributed by atoms with Crippen LogP contribution in [0.15, 0.2) is 29.4 Å². The van der Waals surface area contributed by atoms with E-state index in [1.165, 1.54) is 12.0 Å². The number of urea groups is 1. The smallest absolute Gasteiger partial charge is 0.321 e. The molecular formula is C13H20N4O3. The zero-order chi connectivity index (χ0) is 15.1. The van der Waals surface area contributed by atoms with Gasteiger partial charge in [0.2, 0.25) is 0 Å². The fourth-order valence-corrected chi connectivity index (χ4v) is 1.63. The van der Waals surface area contributed by atoms with E-state index in [0.717, 1.165) is 0 Å². The largest absolute Gasteiger partial charge is 0.495 e. The fraction of sp³-hybridized carbons (Fsp3) is 0.385. The summed E-state index contributed by atoms with van der Waals surface area (Å²) in [6, 6.07) is 6.62. The van der Waals surface area contributed by atoms with Gasteiger partial charge < -0.3 is 25.9 Å². The van der Waals surface area contributed by atoms with E-state index in [1.54, 1.807) is 32.2 Å². The third kappa shape index (κ3) is 4.04. The molecule has 0 aliphatic heterocycles. The van der Waals surface area contributed by atoms with Crippen LogP contribution in [-0.4, -0.2) is 42.2 Å². The number of hydrogen-bond donors (Lipinski definition) is 3. The summed E-state index contributed by atoms with van der Waals surface area (Å²) in [4.78, 5) is 13.6. The average molecular weight is 280 g/mol. The molecule has 1 atom stereocenters. The molecule has 2 amide bonds. The first-order valence-corrected chi connectivity index (χ1v) is 6.12. The maximum Gasteiger partial charge on any atom is 0.321 e. The number of carbonyl (C=O) groups excluding carboxylic acids is 1. The summed E-state index contributed by atoms with van der Waals surface area (Å²) in [6.07, 6.45) is 0.284. The van der Waals surface area contributed by atoms with Gasteiger partial charge in [-0.05, 0) is 19.1 Å². The molecule has 0 radical (unpaired) electrons. The number of ether oxygens (including phenoxy) is 1. The summed E-state index contributed by atoms with van der Waals surface area (Å²) < 4.78 is 5.16. The van der Waals surface area contributed by atoms with Crippen LogP contribution in [0.25, 0.3) is 0 Å².